The Bertz CT molecular complexity index is 853. The molecule has 0 aliphatic carbocycles. The topological polar surface area (TPSA) is 96.5 Å². The fraction of sp³-hybridized carbons (Fsp3) is 0.286. The molecule has 0 fully saturated rings. The molecule has 3 N–H and O–H groups in total. The molecule has 0 aromatic heterocycles. The summed E-state index contributed by atoms with van der Waals surface area (Å²) in [4.78, 5) is 35.9. The van der Waals surface area contributed by atoms with Gasteiger partial charge in [-0.05, 0) is 54.8 Å². The highest BCUT2D eigenvalue weighted by atomic mass is 35.5. The minimum Gasteiger partial charge on any atom is -0.494 e. The molecular weight excluding hydrogens is 394 g/mol. The lowest BCUT2D eigenvalue weighted by molar-refractivity contribution is -0.120. The summed E-state index contributed by atoms with van der Waals surface area (Å²) in [5, 5.41) is 2.87. The van der Waals surface area contributed by atoms with Crippen LogP contribution in [0, 0.1) is 5.92 Å². The monoisotopic (exact) mass is 417 g/mol. The first-order valence-corrected chi connectivity index (χ1v) is 9.58. The molecular formula is C21H24ClN3O4. The number of halogens is 1. The zero-order chi connectivity index (χ0) is 21.2. The highest BCUT2D eigenvalue weighted by Crippen LogP contribution is 2.13. The van der Waals surface area contributed by atoms with Gasteiger partial charge in [0.2, 0.25) is 0 Å². The van der Waals surface area contributed by atoms with Crippen LogP contribution in [0.3, 0.4) is 0 Å². The van der Waals surface area contributed by atoms with Gasteiger partial charge in [0.25, 0.3) is 17.7 Å². The normalized spacial score (nSPS) is 10.3. The van der Waals surface area contributed by atoms with Crippen LogP contribution in [0.5, 0.6) is 5.75 Å². The summed E-state index contributed by atoms with van der Waals surface area (Å²) in [6.07, 6.45) is 0.947. The van der Waals surface area contributed by atoms with Crippen molar-refractivity contribution in [3.05, 3.63) is 64.7 Å². The van der Waals surface area contributed by atoms with Crippen LogP contribution in [0.25, 0.3) is 0 Å². The van der Waals surface area contributed by atoms with Crippen LogP contribution < -0.4 is 20.9 Å². The van der Waals surface area contributed by atoms with Gasteiger partial charge in [-0.2, -0.15) is 0 Å². The van der Waals surface area contributed by atoms with Crippen molar-refractivity contribution in [3.63, 3.8) is 0 Å². The summed E-state index contributed by atoms with van der Waals surface area (Å²) < 4.78 is 5.60. The highest BCUT2D eigenvalue weighted by molar-refractivity contribution is 6.31. The van der Waals surface area contributed by atoms with E-state index in [9.17, 15) is 14.4 Å². The molecule has 0 heterocycles. The Morgan fingerprint density at radius 3 is 2.34 bits per heavy atom. The van der Waals surface area contributed by atoms with Gasteiger partial charge in [-0.1, -0.05) is 31.5 Å². The molecule has 0 aliphatic heterocycles. The standard InChI is InChI=1S/C21H24ClN3O4/c1-14(2)10-11-29-18-8-6-15(7-9-18)21(28)25-24-19(26)13-23-20(27)16-4-3-5-17(22)12-16/h3-9,12,14H,10-11,13H2,1-2H3,(H,23,27)(H,24,26)(H,25,28). The number of hydrogen-bond acceptors (Lipinski definition) is 4. The van der Waals surface area contributed by atoms with Crippen molar-refractivity contribution in [3.8, 4) is 5.75 Å². The van der Waals surface area contributed by atoms with E-state index in [1.807, 2.05) is 0 Å². The predicted octanol–water partition coefficient (Wildman–Crippen LogP) is 2.96. The Morgan fingerprint density at radius 2 is 1.69 bits per heavy atom. The Morgan fingerprint density at radius 1 is 0.966 bits per heavy atom. The van der Waals surface area contributed by atoms with Crippen molar-refractivity contribution in [2.75, 3.05) is 13.2 Å². The number of rotatable bonds is 8. The number of carbonyl (C=O) groups is 3. The van der Waals surface area contributed by atoms with Gasteiger partial charge in [0.05, 0.1) is 13.2 Å². The second-order valence-electron chi connectivity index (χ2n) is 6.75. The van der Waals surface area contributed by atoms with Crippen LogP contribution in [0.4, 0.5) is 0 Å². The Hall–Kier alpha value is -3.06. The van der Waals surface area contributed by atoms with Gasteiger partial charge in [-0.3, -0.25) is 25.2 Å². The zero-order valence-electron chi connectivity index (χ0n) is 16.3. The lowest BCUT2D eigenvalue weighted by Gasteiger charge is -2.10. The fourth-order valence-corrected chi connectivity index (χ4v) is 2.44. The molecule has 0 radical (unpaired) electrons. The summed E-state index contributed by atoms with van der Waals surface area (Å²) >= 11 is 5.83. The van der Waals surface area contributed by atoms with Crippen LogP contribution in [0.2, 0.25) is 5.02 Å². The van der Waals surface area contributed by atoms with E-state index in [-0.39, 0.29) is 6.54 Å². The van der Waals surface area contributed by atoms with Gasteiger partial charge in [-0.15, -0.1) is 0 Å². The van der Waals surface area contributed by atoms with E-state index >= 15 is 0 Å². The van der Waals surface area contributed by atoms with E-state index in [0.717, 1.165) is 6.42 Å². The molecule has 7 nitrogen and oxygen atoms in total. The smallest absolute Gasteiger partial charge is 0.269 e. The molecule has 0 saturated carbocycles. The van der Waals surface area contributed by atoms with Gasteiger partial charge < -0.3 is 10.1 Å². The third kappa shape index (κ3) is 7.83. The number of hydrogen-bond donors (Lipinski definition) is 3. The van der Waals surface area contributed by atoms with Crippen molar-refractivity contribution in [2.45, 2.75) is 20.3 Å². The Kier molecular flexibility index (Phi) is 8.48. The molecule has 0 atom stereocenters. The molecule has 0 saturated heterocycles. The fourth-order valence-electron chi connectivity index (χ4n) is 2.25. The van der Waals surface area contributed by atoms with Crippen LogP contribution in [-0.4, -0.2) is 30.9 Å². The number of ether oxygens (including phenoxy) is 1. The number of benzene rings is 2. The van der Waals surface area contributed by atoms with Crippen molar-refractivity contribution in [2.24, 2.45) is 5.92 Å². The molecule has 29 heavy (non-hydrogen) atoms. The van der Waals surface area contributed by atoms with Crippen LogP contribution in [-0.2, 0) is 4.79 Å². The largest absolute Gasteiger partial charge is 0.494 e. The van der Waals surface area contributed by atoms with Gasteiger partial charge in [-0.25, -0.2) is 0 Å². The molecule has 0 unspecified atom stereocenters. The van der Waals surface area contributed by atoms with Gasteiger partial charge in [0.1, 0.15) is 5.75 Å². The van der Waals surface area contributed by atoms with Crippen molar-refractivity contribution in [1.82, 2.24) is 16.2 Å². The minimum atomic E-state index is -0.567. The number of nitrogens with one attached hydrogen (secondary N) is 3. The first-order chi connectivity index (χ1) is 13.8. The summed E-state index contributed by atoms with van der Waals surface area (Å²) in [5.41, 5.74) is 5.25. The predicted molar refractivity (Wildman–Crippen MR) is 111 cm³/mol. The van der Waals surface area contributed by atoms with Crippen LogP contribution >= 0.6 is 11.6 Å². The molecule has 3 amide bonds. The highest BCUT2D eigenvalue weighted by Gasteiger charge is 2.10. The van der Waals surface area contributed by atoms with E-state index in [1.54, 1.807) is 42.5 Å². The molecule has 2 aromatic rings. The number of amides is 3. The molecule has 2 rings (SSSR count). The lowest BCUT2D eigenvalue weighted by atomic mass is 10.1. The molecule has 0 spiro atoms. The first-order valence-electron chi connectivity index (χ1n) is 9.21. The number of hydrazine groups is 1. The zero-order valence-corrected chi connectivity index (χ0v) is 17.1. The summed E-state index contributed by atoms with van der Waals surface area (Å²) in [5.74, 6) is -0.258. The molecule has 0 bridgehead atoms. The van der Waals surface area contributed by atoms with Crippen molar-refractivity contribution >= 4 is 29.3 Å². The molecule has 2 aromatic carbocycles. The molecule has 8 heteroatoms. The van der Waals surface area contributed by atoms with E-state index in [0.29, 0.717) is 34.4 Å². The quantitative estimate of drug-likeness (QED) is 0.575. The minimum absolute atomic E-state index is 0.297. The third-order valence-corrected chi connectivity index (χ3v) is 4.13. The second kappa shape index (κ2) is 11.1. The maximum atomic E-state index is 12.1. The summed E-state index contributed by atoms with van der Waals surface area (Å²) in [6, 6.07) is 13.0. The summed E-state index contributed by atoms with van der Waals surface area (Å²) in [6.45, 7) is 4.55. The SMILES string of the molecule is CC(C)CCOc1ccc(C(=O)NNC(=O)CNC(=O)c2cccc(Cl)c2)cc1. The van der Waals surface area contributed by atoms with Gasteiger partial charge >= 0.3 is 0 Å². The van der Waals surface area contributed by atoms with E-state index in [2.05, 4.69) is 30.0 Å². The molecule has 0 aliphatic rings. The van der Waals surface area contributed by atoms with Crippen LogP contribution in [0.1, 0.15) is 41.0 Å². The average Bonchev–Trinajstić information content (AvgIpc) is 2.70. The third-order valence-electron chi connectivity index (χ3n) is 3.89. The van der Waals surface area contributed by atoms with Crippen LogP contribution in [0.15, 0.2) is 48.5 Å². The Labute approximate surface area is 174 Å². The van der Waals surface area contributed by atoms with E-state index < -0.39 is 17.7 Å². The second-order valence-corrected chi connectivity index (χ2v) is 7.19. The van der Waals surface area contributed by atoms with E-state index in [1.165, 1.54) is 6.07 Å². The number of carbonyl (C=O) groups excluding carboxylic acids is 3. The van der Waals surface area contributed by atoms with Crippen molar-refractivity contribution < 1.29 is 19.1 Å². The first kappa shape index (κ1) is 22.2. The maximum Gasteiger partial charge on any atom is 0.269 e. The lowest BCUT2D eigenvalue weighted by Crippen LogP contribution is -2.46. The maximum absolute atomic E-state index is 12.1. The van der Waals surface area contributed by atoms with Gasteiger partial charge in [0.15, 0.2) is 0 Å². The van der Waals surface area contributed by atoms with E-state index in [4.69, 9.17) is 16.3 Å². The van der Waals surface area contributed by atoms with Gasteiger partial charge in [0, 0.05) is 16.1 Å². The molecule has 154 valence electrons. The Balaban J connectivity index is 1.73. The summed E-state index contributed by atoms with van der Waals surface area (Å²) in [7, 11) is 0. The average molecular weight is 418 g/mol. The van der Waals surface area contributed by atoms with Crippen molar-refractivity contribution in [1.29, 1.82) is 0 Å².